The molecule has 1 fully saturated rings. The Hall–Kier alpha value is -2.05. The van der Waals surface area contributed by atoms with E-state index in [4.69, 9.17) is 16.0 Å². The number of amides is 2. The van der Waals surface area contributed by atoms with E-state index in [2.05, 4.69) is 10.3 Å². The van der Waals surface area contributed by atoms with E-state index in [1.807, 2.05) is 19.1 Å². The SMILES string of the molecule is Cc1nc(CNC(=O)N2CCCC2CO)oc1-c1ccc(Cl)cc1. The van der Waals surface area contributed by atoms with Crippen molar-refractivity contribution < 1.29 is 14.3 Å². The molecule has 1 aliphatic heterocycles. The summed E-state index contributed by atoms with van der Waals surface area (Å²) in [5.41, 5.74) is 1.65. The fraction of sp³-hybridized carbons (Fsp3) is 0.412. The van der Waals surface area contributed by atoms with Gasteiger partial charge in [-0.1, -0.05) is 11.6 Å². The number of aliphatic hydroxyl groups is 1. The van der Waals surface area contributed by atoms with Gasteiger partial charge >= 0.3 is 6.03 Å². The minimum absolute atomic E-state index is 0.00769. The molecule has 0 saturated carbocycles. The molecule has 0 aliphatic carbocycles. The van der Waals surface area contributed by atoms with Crippen LogP contribution in [0.25, 0.3) is 11.3 Å². The maximum Gasteiger partial charge on any atom is 0.318 e. The number of aliphatic hydroxyl groups excluding tert-OH is 1. The molecule has 0 bridgehead atoms. The van der Waals surface area contributed by atoms with Crippen LogP contribution in [-0.2, 0) is 6.54 Å². The number of urea groups is 1. The Bertz CT molecular complexity index is 714. The summed E-state index contributed by atoms with van der Waals surface area (Å²) in [5, 5.41) is 12.8. The highest BCUT2D eigenvalue weighted by Crippen LogP contribution is 2.26. The Morgan fingerprint density at radius 1 is 1.46 bits per heavy atom. The fourth-order valence-electron chi connectivity index (χ4n) is 2.94. The molecule has 1 unspecified atom stereocenters. The zero-order chi connectivity index (χ0) is 17.1. The molecule has 24 heavy (non-hydrogen) atoms. The lowest BCUT2D eigenvalue weighted by atomic mass is 10.1. The fourth-order valence-corrected chi connectivity index (χ4v) is 3.07. The largest absolute Gasteiger partial charge is 0.438 e. The third-order valence-corrected chi connectivity index (χ3v) is 4.44. The zero-order valence-electron chi connectivity index (χ0n) is 13.5. The molecule has 0 spiro atoms. The van der Waals surface area contributed by atoms with Gasteiger partial charge in [0.25, 0.3) is 0 Å². The molecule has 1 aromatic carbocycles. The van der Waals surface area contributed by atoms with Gasteiger partial charge in [-0.25, -0.2) is 9.78 Å². The number of halogens is 1. The highest BCUT2D eigenvalue weighted by atomic mass is 35.5. The summed E-state index contributed by atoms with van der Waals surface area (Å²) >= 11 is 5.90. The lowest BCUT2D eigenvalue weighted by molar-refractivity contribution is 0.156. The second-order valence-corrected chi connectivity index (χ2v) is 6.30. The van der Waals surface area contributed by atoms with Crippen molar-refractivity contribution in [2.24, 2.45) is 0 Å². The highest BCUT2D eigenvalue weighted by molar-refractivity contribution is 6.30. The molecule has 2 amide bonds. The van der Waals surface area contributed by atoms with E-state index in [-0.39, 0.29) is 25.2 Å². The van der Waals surface area contributed by atoms with Gasteiger partial charge in [-0.15, -0.1) is 0 Å². The average Bonchev–Trinajstić information content (AvgIpc) is 3.20. The van der Waals surface area contributed by atoms with E-state index in [0.29, 0.717) is 23.2 Å². The summed E-state index contributed by atoms with van der Waals surface area (Å²) < 4.78 is 5.77. The summed E-state index contributed by atoms with van der Waals surface area (Å²) in [6.45, 7) is 2.73. The van der Waals surface area contributed by atoms with Crippen LogP contribution >= 0.6 is 11.6 Å². The van der Waals surface area contributed by atoms with Crippen molar-refractivity contribution in [2.75, 3.05) is 13.2 Å². The minimum atomic E-state index is -0.199. The lowest BCUT2D eigenvalue weighted by Crippen LogP contribution is -2.43. The third-order valence-electron chi connectivity index (χ3n) is 4.19. The highest BCUT2D eigenvalue weighted by Gasteiger charge is 2.28. The predicted octanol–water partition coefficient (Wildman–Crippen LogP) is 2.97. The summed E-state index contributed by atoms with van der Waals surface area (Å²) in [7, 11) is 0. The van der Waals surface area contributed by atoms with Crippen LogP contribution < -0.4 is 5.32 Å². The number of hydrogen-bond acceptors (Lipinski definition) is 4. The van der Waals surface area contributed by atoms with Gasteiger partial charge in [-0.2, -0.15) is 0 Å². The topological polar surface area (TPSA) is 78.6 Å². The van der Waals surface area contributed by atoms with Crippen LogP contribution in [0.3, 0.4) is 0 Å². The van der Waals surface area contributed by atoms with Crippen LogP contribution in [0.2, 0.25) is 5.02 Å². The predicted molar refractivity (Wildman–Crippen MR) is 90.7 cm³/mol. The van der Waals surface area contributed by atoms with Crippen LogP contribution in [0.5, 0.6) is 0 Å². The second kappa shape index (κ2) is 7.23. The first-order valence-corrected chi connectivity index (χ1v) is 8.34. The molecule has 2 N–H and O–H groups in total. The molecule has 1 atom stereocenters. The minimum Gasteiger partial charge on any atom is -0.438 e. The van der Waals surface area contributed by atoms with Crippen molar-refractivity contribution in [3.63, 3.8) is 0 Å². The Morgan fingerprint density at radius 2 is 2.21 bits per heavy atom. The van der Waals surface area contributed by atoms with Crippen molar-refractivity contribution in [3.8, 4) is 11.3 Å². The van der Waals surface area contributed by atoms with E-state index >= 15 is 0 Å². The van der Waals surface area contributed by atoms with Crippen molar-refractivity contribution in [2.45, 2.75) is 32.4 Å². The first kappa shape index (κ1) is 16.8. The Morgan fingerprint density at radius 3 is 2.92 bits per heavy atom. The molecule has 2 aromatic rings. The van der Waals surface area contributed by atoms with Crippen LogP contribution in [0.15, 0.2) is 28.7 Å². The number of hydrogen-bond donors (Lipinski definition) is 2. The molecule has 6 nitrogen and oxygen atoms in total. The summed E-state index contributed by atoms with van der Waals surface area (Å²) in [6.07, 6.45) is 1.75. The molecule has 1 saturated heterocycles. The first-order valence-electron chi connectivity index (χ1n) is 7.96. The number of nitrogens with one attached hydrogen (secondary N) is 1. The average molecular weight is 350 g/mol. The van der Waals surface area contributed by atoms with Crippen molar-refractivity contribution in [1.29, 1.82) is 0 Å². The molecule has 0 radical (unpaired) electrons. The summed E-state index contributed by atoms with van der Waals surface area (Å²) in [4.78, 5) is 18.2. The van der Waals surface area contributed by atoms with Crippen molar-refractivity contribution >= 4 is 17.6 Å². The molecule has 1 aromatic heterocycles. The molecular formula is C17H20ClN3O3. The number of benzene rings is 1. The summed E-state index contributed by atoms with van der Waals surface area (Å²) in [5.74, 6) is 1.12. The molecule has 128 valence electrons. The Balaban J connectivity index is 1.65. The van der Waals surface area contributed by atoms with Crippen LogP contribution in [0, 0.1) is 6.92 Å². The van der Waals surface area contributed by atoms with Gasteiger partial charge < -0.3 is 19.7 Å². The number of carbonyl (C=O) groups is 1. The normalized spacial score (nSPS) is 17.3. The van der Waals surface area contributed by atoms with E-state index in [1.165, 1.54) is 0 Å². The second-order valence-electron chi connectivity index (χ2n) is 5.86. The van der Waals surface area contributed by atoms with Crippen LogP contribution in [0.1, 0.15) is 24.4 Å². The number of rotatable bonds is 4. The van der Waals surface area contributed by atoms with Gasteiger partial charge in [0.05, 0.1) is 24.9 Å². The standard InChI is InChI=1S/C17H20ClN3O3/c1-11-16(12-4-6-13(18)7-5-12)24-15(20-11)9-19-17(23)21-8-2-3-14(21)10-22/h4-7,14,22H,2-3,8-10H2,1H3,(H,19,23). The van der Waals surface area contributed by atoms with Gasteiger partial charge in [0.1, 0.15) is 0 Å². The van der Waals surface area contributed by atoms with Gasteiger partial charge in [0.2, 0.25) is 5.89 Å². The lowest BCUT2D eigenvalue weighted by Gasteiger charge is -2.22. The van der Waals surface area contributed by atoms with Crippen molar-refractivity contribution in [3.05, 3.63) is 40.9 Å². The molecule has 7 heteroatoms. The van der Waals surface area contributed by atoms with Crippen molar-refractivity contribution in [1.82, 2.24) is 15.2 Å². The monoisotopic (exact) mass is 349 g/mol. The first-order chi connectivity index (χ1) is 11.6. The Labute approximate surface area is 145 Å². The molecule has 3 rings (SSSR count). The van der Waals surface area contributed by atoms with Gasteiger partial charge in [-0.3, -0.25) is 0 Å². The molecule has 1 aliphatic rings. The van der Waals surface area contributed by atoms with E-state index in [0.717, 1.165) is 24.1 Å². The van der Waals surface area contributed by atoms with Crippen LogP contribution in [0.4, 0.5) is 4.79 Å². The number of aromatic nitrogens is 1. The number of aryl methyl sites for hydroxylation is 1. The van der Waals surface area contributed by atoms with Gasteiger partial charge in [-0.05, 0) is 44.0 Å². The third kappa shape index (κ3) is 3.55. The maximum absolute atomic E-state index is 12.2. The number of likely N-dealkylation sites (tertiary alicyclic amines) is 1. The maximum atomic E-state index is 12.2. The quantitative estimate of drug-likeness (QED) is 0.889. The molecule has 2 heterocycles. The van der Waals surface area contributed by atoms with E-state index in [1.54, 1.807) is 17.0 Å². The number of carbonyl (C=O) groups excluding carboxylic acids is 1. The summed E-state index contributed by atoms with van der Waals surface area (Å²) in [6, 6.07) is 7.03. The van der Waals surface area contributed by atoms with E-state index in [9.17, 15) is 9.90 Å². The molecular weight excluding hydrogens is 330 g/mol. The van der Waals surface area contributed by atoms with Crippen LogP contribution in [-0.4, -0.2) is 40.2 Å². The zero-order valence-corrected chi connectivity index (χ0v) is 14.2. The van der Waals surface area contributed by atoms with E-state index < -0.39 is 0 Å². The number of nitrogens with zero attached hydrogens (tertiary/aromatic N) is 2. The van der Waals surface area contributed by atoms with Gasteiger partial charge in [0, 0.05) is 17.1 Å². The smallest absolute Gasteiger partial charge is 0.318 e. The number of oxazole rings is 1. The van der Waals surface area contributed by atoms with Gasteiger partial charge in [0.15, 0.2) is 5.76 Å². The Kier molecular flexibility index (Phi) is 5.06.